The van der Waals surface area contributed by atoms with E-state index in [1.54, 1.807) is 0 Å². The first-order chi connectivity index (χ1) is 12.1. The summed E-state index contributed by atoms with van der Waals surface area (Å²) >= 11 is 15.7. The van der Waals surface area contributed by atoms with Crippen molar-refractivity contribution in [3.8, 4) is 0 Å². The minimum atomic E-state index is 0.363. The van der Waals surface area contributed by atoms with Gasteiger partial charge in [0.15, 0.2) is 0 Å². The maximum Gasteiger partial charge on any atom is 0.0438 e. The molecule has 0 nitrogen and oxygen atoms in total. The van der Waals surface area contributed by atoms with E-state index in [2.05, 4.69) is 55.5 Å². The van der Waals surface area contributed by atoms with Gasteiger partial charge < -0.3 is 0 Å². The molecule has 3 aromatic carbocycles. The van der Waals surface area contributed by atoms with Crippen molar-refractivity contribution < 1.29 is 0 Å². The molecular formula is C21H18Cl2S2. The van der Waals surface area contributed by atoms with Gasteiger partial charge in [-0.25, -0.2) is 0 Å². The summed E-state index contributed by atoms with van der Waals surface area (Å²) in [5.74, 6) is 0.985. The van der Waals surface area contributed by atoms with Gasteiger partial charge in [0.25, 0.3) is 0 Å². The van der Waals surface area contributed by atoms with Gasteiger partial charge in [-0.15, -0.1) is 23.5 Å². The van der Waals surface area contributed by atoms with Gasteiger partial charge in [-0.05, 0) is 61.0 Å². The van der Waals surface area contributed by atoms with Gasteiger partial charge in [0, 0.05) is 30.8 Å². The Labute approximate surface area is 167 Å². The highest BCUT2D eigenvalue weighted by atomic mass is 35.5. The van der Waals surface area contributed by atoms with Crippen LogP contribution in [0.2, 0.25) is 10.0 Å². The van der Waals surface area contributed by atoms with Crippen molar-refractivity contribution in [2.45, 2.75) is 22.0 Å². The zero-order valence-corrected chi connectivity index (χ0v) is 16.9. The SMILES string of the molecule is Cc1cccc(C(CSc2ccc(Cl)cc2)Sc2ccc(Cl)cc2)c1. The summed E-state index contributed by atoms with van der Waals surface area (Å²) in [6, 6.07) is 24.9. The van der Waals surface area contributed by atoms with E-state index in [4.69, 9.17) is 23.2 Å². The summed E-state index contributed by atoms with van der Waals surface area (Å²) in [5.41, 5.74) is 2.64. The van der Waals surface area contributed by atoms with E-state index in [9.17, 15) is 0 Å². The van der Waals surface area contributed by atoms with Gasteiger partial charge in [-0.1, -0.05) is 53.0 Å². The van der Waals surface area contributed by atoms with E-state index in [-0.39, 0.29) is 0 Å². The average molecular weight is 405 g/mol. The maximum atomic E-state index is 6.02. The zero-order valence-electron chi connectivity index (χ0n) is 13.8. The monoisotopic (exact) mass is 404 g/mol. The summed E-state index contributed by atoms with van der Waals surface area (Å²) < 4.78 is 0. The fourth-order valence-electron chi connectivity index (χ4n) is 2.45. The lowest BCUT2D eigenvalue weighted by Crippen LogP contribution is -1.98. The lowest BCUT2D eigenvalue weighted by molar-refractivity contribution is 1.10. The molecule has 0 saturated carbocycles. The van der Waals surface area contributed by atoms with Crippen LogP contribution in [0.3, 0.4) is 0 Å². The van der Waals surface area contributed by atoms with E-state index in [1.807, 2.05) is 47.8 Å². The molecule has 1 unspecified atom stereocenters. The summed E-state index contributed by atoms with van der Waals surface area (Å²) in [6.07, 6.45) is 0. The number of halogens is 2. The third kappa shape index (κ3) is 5.72. The molecule has 0 aromatic heterocycles. The summed E-state index contributed by atoms with van der Waals surface area (Å²) in [4.78, 5) is 2.46. The minimum absolute atomic E-state index is 0.363. The first-order valence-electron chi connectivity index (χ1n) is 7.97. The standard InChI is InChI=1S/C21H18Cl2S2/c1-15-3-2-4-16(13-15)21(25-20-11-7-18(23)8-12-20)14-24-19-9-5-17(22)6-10-19/h2-13,21H,14H2,1H3. The summed E-state index contributed by atoms with van der Waals surface area (Å²) in [7, 11) is 0. The molecule has 0 aliphatic heterocycles. The second kappa shape index (κ2) is 9.05. The highest BCUT2D eigenvalue weighted by molar-refractivity contribution is 8.03. The van der Waals surface area contributed by atoms with E-state index >= 15 is 0 Å². The molecule has 128 valence electrons. The van der Waals surface area contributed by atoms with Crippen LogP contribution in [0, 0.1) is 6.92 Å². The number of thioether (sulfide) groups is 2. The van der Waals surface area contributed by atoms with E-state index in [0.29, 0.717) is 5.25 Å². The Balaban J connectivity index is 1.78. The van der Waals surface area contributed by atoms with Gasteiger partial charge in [0.2, 0.25) is 0 Å². The Morgan fingerprint density at radius 2 is 1.40 bits per heavy atom. The molecule has 3 aromatic rings. The molecule has 3 rings (SSSR count). The van der Waals surface area contributed by atoms with Crippen LogP contribution in [0.1, 0.15) is 16.4 Å². The van der Waals surface area contributed by atoms with Crippen molar-refractivity contribution in [2.24, 2.45) is 0 Å². The first-order valence-corrected chi connectivity index (χ1v) is 10.6. The largest absolute Gasteiger partial charge is 0.125 e. The molecule has 0 heterocycles. The van der Waals surface area contributed by atoms with Crippen LogP contribution < -0.4 is 0 Å². The van der Waals surface area contributed by atoms with Crippen molar-refractivity contribution in [1.29, 1.82) is 0 Å². The quantitative estimate of drug-likeness (QED) is 0.382. The van der Waals surface area contributed by atoms with Crippen LogP contribution in [-0.4, -0.2) is 5.75 Å². The molecule has 1 atom stereocenters. The fourth-order valence-corrected chi connectivity index (χ4v) is 4.95. The topological polar surface area (TPSA) is 0 Å². The Bertz CT molecular complexity index is 814. The summed E-state index contributed by atoms with van der Waals surface area (Å²) in [6.45, 7) is 2.14. The second-order valence-electron chi connectivity index (χ2n) is 5.74. The third-order valence-corrected chi connectivity index (χ3v) is 6.81. The highest BCUT2D eigenvalue weighted by Gasteiger charge is 2.14. The lowest BCUT2D eigenvalue weighted by Gasteiger charge is -2.18. The van der Waals surface area contributed by atoms with E-state index in [0.717, 1.165) is 15.8 Å². The molecule has 0 aliphatic carbocycles. The molecule has 0 spiro atoms. The molecule has 25 heavy (non-hydrogen) atoms. The molecule has 0 N–H and O–H groups in total. The molecule has 4 heteroatoms. The van der Waals surface area contributed by atoms with E-state index in [1.165, 1.54) is 20.9 Å². The molecule has 0 fully saturated rings. The molecule has 0 saturated heterocycles. The second-order valence-corrected chi connectivity index (χ2v) is 8.98. The van der Waals surface area contributed by atoms with Crippen LogP contribution in [-0.2, 0) is 0 Å². The van der Waals surface area contributed by atoms with Gasteiger partial charge in [-0.3, -0.25) is 0 Å². The Morgan fingerprint density at radius 1 is 0.800 bits per heavy atom. The summed E-state index contributed by atoms with van der Waals surface area (Å²) in [5, 5.41) is 1.91. The number of rotatable bonds is 6. The molecule has 0 radical (unpaired) electrons. The number of hydrogen-bond acceptors (Lipinski definition) is 2. The van der Waals surface area contributed by atoms with Crippen molar-refractivity contribution in [1.82, 2.24) is 0 Å². The van der Waals surface area contributed by atoms with E-state index < -0.39 is 0 Å². The van der Waals surface area contributed by atoms with Crippen LogP contribution in [0.5, 0.6) is 0 Å². The number of benzene rings is 3. The molecule has 0 amide bonds. The molecular weight excluding hydrogens is 387 g/mol. The van der Waals surface area contributed by atoms with Crippen LogP contribution in [0.25, 0.3) is 0 Å². The third-order valence-electron chi connectivity index (χ3n) is 3.72. The van der Waals surface area contributed by atoms with Crippen molar-refractivity contribution in [2.75, 3.05) is 5.75 Å². The van der Waals surface area contributed by atoms with Gasteiger partial charge in [-0.2, -0.15) is 0 Å². The smallest absolute Gasteiger partial charge is 0.0438 e. The van der Waals surface area contributed by atoms with Crippen LogP contribution >= 0.6 is 46.7 Å². The molecule has 0 bridgehead atoms. The van der Waals surface area contributed by atoms with Gasteiger partial charge in [0.1, 0.15) is 0 Å². The zero-order chi connectivity index (χ0) is 17.6. The van der Waals surface area contributed by atoms with Crippen LogP contribution in [0.15, 0.2) is 82.6 Å². The van der Waals surface area contributed by atoms with Gasteiger partial charge >= 0.3 is 0 Å². The van der Waals surface area contributed by atoms with Crippen LogP contribution in [0.4, 0.5) is 0 Å². The predicted octanol–water partition coefficient (Wildman–Crippen LogP) is 7.93. The Morgan fingerprint density at radius 3 is 2.00 bits per heavy atom. The van der Waals surface area contributed by atoms with Crippen molar-refractivity contribution in [3.05, 3.63) is 94.0 Å². The Hall–Kier alpha value is -1.06. The minimum Gasteiger partial charge on any atom is -0.125 e. The molecule has 0 aliphatic rings. The highest BCUT2D eigenvalue weighted by Crippen LogP contribution is 2.39. The predicted molar refractivity (Wildman–Crippen MR) is 113 cm³/mol. The average Bonchev–Trinajstić information content (AvgIpc) is 2.61. The lowest BCUT2D eigenvalue weighted by atomic mass is 10.1. The van der Waals surface area contributed by atoms with Gasteiger partial charge in [0.05, 0.1) is 0 Å². The van der Waals surface area contributed by atoms with Crippen molar-refractivity contribution in [3.63, 3.8) is 0 Å². The number of aryl methyl sites for hydroxylation is 1. The maximum absolute atomic E-state index is 6.02. The Kier molecular flexibility index (Phi) is 6.77. The normalized spacial score (nSPS) is 12.1. The fraction of sp³-hybridized carbons (Fsp3) is 0.143. The first kappa shape index (κ1) is 18.7. The van der Waals surface area contributed by atoms with Crippen molar-refractivity contribution >= 4 is 46.7 Å². The number of hydrogen-bond donors (Lipinski definition) is 0.